The third-order valence-corrected chi connectivity index (χ3v) is 4.42. The van der Waals surface area contributed by atoms with Crippen LogP contribution in [-0.2, 0) is 6.54 Å². The lowest BCUT2D eigenvalue weighted by molar-refractivity contribution is 0.0976. The molecule has 1 amide bonds. The van der Waals surface area contributed by atoms with Crippen molar-refractivity contribution in [2.45, 2.75) is 26.8 Å². The zero-order chi connectivity index (χ0) is 18.9. The maximum atomic E-state index is 12.3. The van der Waals surface area contributed by atoms with Crippen LogP contribution in [0.5, 0.6) is 5.75 Å². The largest absolute Gasteiger partial charge is 0.492 e. The van der Waals surface area contributed by atoms with Crippen molar-refractivity contribution in [2.24, 2.45) is 5.92 Å². The Labute approximate surface area is 167 Å². The minimum atomic E-state index is -0.275. The summed E-state index contributed by atoms with van der Waals surface area (Å²) >= 11 is 8.62. The SMILES string of the molecule is CC(C)CCOc1ccc(C(=O)NC(=S)NCc2cccnc2)cc1Br. The van der Waals surface area contributed by atoms with Crippen molar-refractivity contribution in [1.29, 1.82) is 0 Å². The Balaban J connectivity index is 1.86. The second kappa shape index (κ2) is 10.2. The first kappa shape index (κ1) is 20.3. The summed E-state index contributed by atoms with van der Waals surface area (Å²) in [6.07, 6.45) is 4.43. The average molecular weight is 436 g/mol. The Morgan fingerprint density at radius 2 is 2.15 bits per heavy atom. The van der Waals surface area contributed by atoms with E-state index in [4.69, 9.17) is 17.0 Å². The highest BCUT2D eigenvalue weighted by Crippen LogP contribution is 2.26. The number of hydrogen-bond donors (Lipinski definition) is 2. The van der Waals surface area contributed by atoms with Gasteiger partial charge in [-0.3, -0.25) is 15.1 Å². The van der Waals surface area contributed by atoms with E-state index in [1.165, 1.54) is 0 Å². The number of nitrogens with zero attached hydrogens (tertiary/aromatic N) is 1. The topological polar surface area (TPSA) is 63.2 Å². The van der Waals surface area contributed by atoms with E-state index in [-0.39, 0.29) is 11.0 Å². The fraction of sp³-hybridized carbons (Fsp3) is 0.316. The van der Waals surface area contributed by atoms with Crippen LogP contribution >= 0.6 is 28.1 Å². The molecule has 1 aromatic carbocycles. The van der Waals surface area contributed by atoms with Gasteiger partial charge < -0.3 is 10.1 Å². The first-order valence-electron chi connectivity index (χ1n) is 8.36. The minimum absolute atomic E-state index is 0.271. The average Bonchev–Trinajstić information content (AvgIpc) is 2.62. The summed E-state index contributed by atoms with van der Waals surface area (Å²) in [5.41, 5.74) is 1.48. The Morgan fingerprint density at radius 3 is 2.81 bits per heavy atom. The monoisotopic (exact) mass is 435 g/mol. The lowest BCUT2D eigenvalue weighted by Gasteiger charge is -2.12. The van der Waals surface area contributed by atoms with E-state index in [0.717, 1.165) is 22.2 Å². The van der Waals surface area contributed by atoms with Gasteiger partial charge in [-0.2, -0.15) is 0 Å². The van der Waals surface area contributed by atoms with Gasteiger partial charge in [0, 0.05) is 24.5 Å². The van der Waals surface area contributed by atoms with Crippen LogP contribution < -0.4 is 15.4 Å². The van der Waals surface area contributed by atoms with Crippen molar-refractivity contribution in [2.75, 3.05) is 6.61 Å². The van der Waals surface area contributed by atoms with E-state index >= 15 is 0 Å². The number of pyridine rings is 1. The number of carbonyl (C=O) groups excluding carboxylic acids is 1. The number of hydrogen-bond acceptors (Lipinski definition) is 4. The molecular formula is C19H22BrN3O2S. The van der Waals surface area contributed by atoms with Crippen LogP contribution in [0.15, 0.2) is 47.2 Å². The van der Waals surface area contributed by atoms with Crippen LogP contribution in [0.1, 0.15) is 36.2 Å². The highest BCUT2D eigenvalue weighted by molar-refractivity contribution is 9.10. The normalized spacial score (nSPS) is 10.5. The summed E-state index contributed by atoms with van der Waals surface area (Å²) in [5.74, 6) is 1.03. The van der Waals surface area contributed by atoms with Crippen molar-refractivity contribution in [1.82, 2.24) is 15.6 Å². The standard InChI is InChI=1S/C19H22BrN3O2S/c1-13(2)7-9-25-17-6-5-15(10-16(17)20)18(24)23-19(26)22-12-14-4-3-8-21-11-14/h3-6,8,10-11,13H,7,9,12H2,1-2H3,(H2,22,23,24,26). The van der Waals surface area contributed by atoms with Crippen LogP contribution in [0.3, 0.4) is 0 Å². The minimum Gasteiger partial charge on any atom is -0.492 e. The maximum Gasteiger partial charge on any atom is 0.257 e. The third kappa shape index (κ3) is 6.72. The molecule has 0 bridgehead atoms. The lowest BCUT2D eigenvalue weighted by atomic mass is 10.1. The number of carbonyl (C=O) groups is 1. The Bertz CT molecular complexity index is 754. The van der Waals surface area contributed by atoms with Gasteiger partial charge in [-0.25, -0.2) is 0 Å². The number of rotatable bonds is 7. The van der Waals surface area contributed by atoms with Gasteiger partial charge >= 0.3 is 0 Å². The van der Waals surface area contributed by atoms with Crippen LogP contribution in [0.4, 0.5) is 0 Å². The first-order chi connectivity index (χ1) is 12.5. The predicted molar refractivity (Wildman–Crippen MR) is 110 cm³/mol. The van der Waals surface area contributed by atoms with Crippen molar-refractivity contribution in [3.63, 3.8) is 0 Å². The smallest absolute Gasteiger partial charge is 0.257 e. The van der Waals surface area contributed by atoms with Gasteiger partial charge in [0.2, 0.25) is 0 Å². The van der Waals surface area contributed by atoms with Gasteiger partial charge in [-0.1, -0.05) is 19.9 Å². The molecule has 0 aliphatic carbocycles. The van der Waals surface area contributed by atoms with Gasteiger partial charge in [0.1, 0.15) is 5.75 Å². The molecule has 0 aliphatic heterocycles. The molecule has 2 rings (SSSR count). The van der Waals surface area contributed by atoms with Gasteiger partial charge in [-0.05, 0) is 70.3 Å². The summed E-state index contributed by atoms with van der Waals surface area (Å²) in [5, 5.41) is 5.93. The molecule has 26 heavy (non-hydrogen) atoms. The quantitative estimate of drug-likeness (QED) is 0.641. The molecule has 1 heterocycles. The zero-order valence-corrected chi connectivity index (χ0v) is 17.2. The van der Waals surface area contributed by atoms with Crippen molar-refractivity contribution in [3.8, 4) is 5.75 Å². The van der Waals surface area contributed by atoms with Crippen molar-refractivity contribution >= 4 is 39.2 Å². The summed E-state index contributed by atoms with van der Waals surface area (Å²) < 4.78 is 6.47. The van der Waals surface area contributed by atoms with E-state index in [0.29, 0.717) is 24.6 Å². The summed E-state index contributed by atoms with van der Waals surface area (Å²) in [6.45, 7) is 5.44. The molecule has 7 heteroatoms. The summed E-state index contributed by atoms with van der Waals surface area (Å²) in [6, 6.07) is 9.00. The number of ether oxygens (including phenoxy) is 1. The molecule has 138 valence electrons. The molecule has 1 aromatic heterocycles. The van der Waals surface area contributed by atoms with Crippen molar-refractivity contribution in [3.05, 3.63) is 58.3 Å². The predicted octanol–water partition coefficient (Wildman–Crippen LogP) is 4.07. The molecule has 0 unspecified atom stereocenters. The fourth-order valence-corrected chi connectivity index (χ4v) is 2.73. The molecule has 0 spiro atoms. The van der Waals surface area contributed by atoms with Crippen LogP contribution in [-0.4, -0.2) is 22.6 Å². The highest BCUT2D eigenvalue weighted by Gasteiger charge is 2.11. The fourth-order valence-electron chi connectivity index (χ4n) is 2.07. The molecule has 0 saturated heterocycles. The lowest BCUT2D eigenvalue weighted by Crippen LogP contribution is -2.38. The van der Waals surface area contributed by atoms with E-state index in [9.17, 15) is 4.79 Å². The molecule has 2 N–H and O–H groups in total. The summed E-state index contributed by atoms with van der Waals surface area (Å²) in [7, 11) is 0. The van der Waals surface area contributed by atoms with Gasteiger partial charge in [0.15, 0.2) is 5.11 Å². The van der Waals surface area contributed by atoms with Crippen LogP contribution in [0.2, 0.25) is 0 Å². The van der Waals surface area contributed by atoms with E-state index in [1.54, 1.807) is 30.6 Å². The second-order valence-electron chi connectivity index (χ2n) is 6.17. The van der Waals surface area contributed by atoms with E-state index < -0.39 is 0 Å². The molecule has 0 saturated carbocycles. The Hall–Kier alpha value is -1.99. The van der Waals surface area contributed by atoms with E-state index in [1.807, 2.05) is 12.1 Å². The number of aromatic nitrogens is 1. The van der Waals surface area contributed by atoms with Gasteiger partial charge in [0.05, 0.1) is 11.1 Å². The zero-order valence-electron chi connectivity index (χ0n) is 14.8. The van der Waals surface area contributed by atoms with E-state index in [2.05, 4.69) is 45.4 Å². The Morgan fingerprint density at radius 1 is 1.35 bits per heavy atom. The molecule has 0 radical (unpaired) electrons. The second-order valence-corrected chi connectivity index (χ2v) is 7.44. The summed E-state index contributed by atoms with van der Waals surface area (Å²) in [4.78, 5) is 16.4. The molecule has 2 aromatic rings. The number of benzene rings is 1. The highest BCUT2D eigenvalue weighted by atomic mass is 79.9. The van der Waals surface area contributed by atoms with Crippen molar-refractivity contribution < 1.29 is 9.53 Å². The first-order valence-corrected chi connectivity index (χ1v) is 9.56. The van der Waals surface area contributed by atoms with Crippen LogP contribution in [0.25, 0.3) is 0 Å². The Kier molecular flexibility index (Phi) is 8.00. The number of thiocarbonyl (C=S) groups is 1. The maximum absolute atomic E-state index is 12.3. The molecular weight excluding hydrogens is 414 g/mol. The third-order valence-electron chi connectivity index (χ3n) is 3.55. The van der Waals surface area contributed by atoms with Crippen LogP contribution in [0, 0.1) is 5.92 Å². The molecule has 5 nitrogen and oxygen atoms in total. The van der Waals surface area contributed by atoms with Gasteiger partial charge in [-0.15, -0.1) is 0 Å². The number of halogens is 1. The van der Waals surface area contributed by atoms with Gasteiger partial charge in [0.25, 0.3) is 5.91 Å². The number of nitrogens with one attached hydrogen (secondary N) is 2. The molecule has 0 fully saturated rings. The molecule has 0 aliphatic rings. The molecule has 0 atom stereocenters. The number of amides is 1.